The molecule has 2 atom stereocenters. The summed E-state index contributed by atoms with van der Waals surface area (Å²) < 4.78 is 40.4. The number of rotatable bonds is 2. The molecule has 1 aliphatic heterocycles. The molecule has 1 aliphatic carbocycles. The Bertz CT molecular complexity index is 650. The summed E-state index contributed by atoms with van der Waals surface area (Å²) in [5.41, 5.74) is 4.16. The van der Waals surface area contributed by atoms with Crippen LogP contribution in [0.3, 0.4) is 0 Å². The number of carbonyl (C=O) groups excluding carboxylic acids is 1. The highest BCUT2D eigenvalue weighted by molar-refractivity contribution is 6.15. The van der Waals surface area contributed by atoms with Crippen molar-refractivity contribution in [3.63, 3.8) is 0 Å². The molecule has 1 aromatic carbocycles. The Morgan fingerprint density at radius 2 is 1.91 bits per heavy atom. The van der Waals surface area contributed by atoms with Gasteiger partial charge in [-0.25, -0.2) is 0 Å². The minimum atomic E-state index is -4.72. The third kappa shape index (κ3) is 3.33. The van der Waals surface area contributed by atoms with Crippen LogP contribution in [0.1, 0.15) is 32.3 Å². The van der Waals surface area contributed by atoms with Crippen molar-refractivity contribution in [2.45, 2.75) is 39.1 Å². The summed E-state index contributed by atoms with van der Waals surface area (Å²) in [6.45, 7) is 4.09. The number of hydrogen-bond donors (Lipinski definition) is 1. The van der Waals surface area contributed by atoms with Crippen molar-refractivity contribution in [3.8, 4) is 5.75 Å². The molecular weight excluding hydrogens is 309 g/mol. The van der Waals surface area contributed by atoms with Crippen LogP contribution in [-0.4, -0.2) is 23.9 Å². The number of hydrazone groups is 1. The third-order valence-corrected chi connectivity index (χ3v) is 4.20. The number of ether oxygens (including phenoxy) is 1. The van der Waals surface area contributed by atoms with Crippen LogP contribution in [0.4, 0.5) is 13.2 Å². The first-order valence-corrected chi connectivity index (χ1v) is 7.37. The van der Waals surface area contributed by atoms with Gasteiger partial charge in [0, 0.05) is 6.42 Å². The normalized spacial score (nSPS) is 26.3. The van der Waals surface area contributed by atoms with E-state index in [1.165, 1.54) is 24.3 Å². The van der Waals surface area contributed by atoms with Crippen LogP contribution >= 0.6 is 0 Å². The maximum absolute atomic E-state index is 12.4. The molecule has 1 heterocycles. The number of halogens is 3. The number of nitrogens with zero attached hydrogens (tertiary/aromatic N) is 1. The maximum Gasteiger partial charge on any atom is 0.573 e. The van der Waals surface area contributed by atoms with Crippen LogP contribution in [0, 0.1) is 11.3 Å². The predicted octanol–water partition coefficient (Wildman–Crippen LogP) is 3.27. The van der Waals surface area contributed by atoms with Gasteiger partial charge in [-0.2, -0.15) is 5.10 Å². The summed E-state index contributed by atoms with van der Waals surface area (Å²) in [5.74, 6) is -0.511. The summed E-state index contributed by atoms with van der Waals surface area (Å²) in [7, 11) is 0. The fourth-order valence-electron chi connectivity index (χ4n) is 3.35. The predicted molar refractivity (Wildman–Crippen MR) is 78.1 cm³/mol. The van der Waals surface area contributed by atoms with Crippen LogP contribution < -0.4 is 10.2 Å². The number of carbonyl (C=O) groups is 1. The largest absolute Gasteiger partial charge is 0.573 e. The van der Waals surface area contributed by atoms with Gasteiger partial charge < -0.3 is 10.2 Å². The third-order valence-electron chi connectivity index (χ3n) is 4.20. The average Bonchev–Trinajstić information content (AvgIpc) is 2.80. The lowest BCUT2D eigenvalue weighted by atomic mass is 9.68. The average molecular weight is 326 g/mol. The molecule has 1 N–H and O–H groups in total. The monoisotopic (exact) mass is 326 g/mol. The zero-order valence-corrected chi connectivity index (χ0v) is 12.8. The summed E-state index contributed by atoms with van der Waals surface area (Å²) in [5, 5.41) is 4.25. The SMILES string of the molecule is CC1(C)CC(=O)[C@H]2C(c3ccc(OC(F)(F)F)cc3)=NN[C@H]2C1. The van der Waals surface area contributed by atoms with E-state index < -0.39 is 6.36 Å². The van der Waals surface area contributed by atoms with Crippen molar-refractivity contribution >= 4 is 11.5 Å². The van der Waals surface area contributed by atoms with Gasteiger partial charge in [0.2, 0.25) is 0 Å². The van der Waals surface area contributed by atoms with Crippen LogP contribution in [0.2, 0.25) is 0 Å². The Balaban J connectivity index is 1.79. The van der Waals surface area contributed by atoms with E-state index in [-0.39, 0.29) is 28.9 Å². The number of benzene rings is 1. The summed E-state index contributed by atoms with van der Waals surface area (Å²) in [6.07, 6.45) is -3.42. The maximum atomic E-state index is 12.4. The van der Waals surface area contributed by atoms with Gasteiger partial charge in [0.15, 0.2) is 0 Å². The second kappa shape index (κ2) is 5.25. The molecule has 1 fully saturated rings. The minimum absolute atomic E-state index is 0.0487. The van der Waals surface area contributed by atoms with Crippen LogP contribution in [0.25, 0.3) is 0 Å². The van der Waals surface area contributed by atoms with Crippen molar-refractivity contribution in [1.29, 1.82) is 0 Å². The Kier molecular flexibility index (Phi) is 3.61. The minimum Gasteiger partial charge on any atom is -0.406 e. The zero-order chi connectivity index (χ0) is 16.8. The van der Waals surface area contributed by atoms with E-state index in [0.717, 1.165) is 6.42 Å². The van der Waals surface area contributed by atoms with Crippen molar-refractivity contribution < 1.29 is 22.7 Å². The van der Waals surface area contributed by atoms with E-state index in [2.05, 4.69) is 15.3 Å². The van der Waals surface area contributed by atoms with Crippen molar-refractivity contribution in [1.82, 2.24) is 5.43 Å². The van der Waals surface area contributed by atoms with E-state index >= 15 is 0 Å². The van der Waals surface area contributed by atoms with Gasteiger partial charge in [-0.05, 0) is 41.7 Å². The van der Waals surface area contributed by atoms with E-state index in [9.17, 15) is 18.0 Å². The molecule has 23 heavy (non-hydrogen) atoms. The van der Waals surface area contributed by atoms with Crippen molar-refractivity contribution in [3.05, 3.63) is 29.8 Å². The highest BCUT2D eigenvalue weighted by Crippen LogP contribution is 2.39. The lowest BCUT2D eigenvalue weighted by Crippen LogP contribution is -2.45. The fraction of sp³-hybridized carbons (Fsp3) is 0.500. The Labute approximate surface area is 131 Å². The zero-order valence-electron chi connectivity index (χ0n) is 12.8. The van der Waals surface area contributed by atoms with Crippen molar-refractivity contribution in [2.24, 2.45) is 16.4 Å². The van der Waals surface area contributed by atoms with Gasteiger partial charge in [0.1, 0.15) is 11.5 Å². The number of hydrogen-bond acceptors (Lipinski definition) is 4. The number of Topliss-reactive ketones (excluding diaryl/α,β-unsaturated/α-hetero) is 1. The highest BCUT2D eigenvalue weighted by atomic mass is 19.4. The topological polar surface area (TPSA) is 50.7 Å². The number of nitrogens with one attached hydrogen (secondary N) is 1. The molecule has 0 unspecified atom stereocenters. The first-order chi connectivity index (χ1) is 10.6. The molecule has 4 nitrogen and oxygen atoms in total. The lowest BCUT2D eigenvalue weighted by molar-refractivity contribution is -0.274. The molecular formula is C16H17F3N2O2. The standard InChI is InChI=1S/C16H17F3N2O2/c1-15(2)7-11-13(12(22)8-15)14(21-20-11)9-3-5-10(6-4-9)23-16(17,18)19/h3-6,11,13,20H,7-8H2,1-2H3/t11-,13-/m0/s1. The van der Waals surface area contributed by atoms with E-state index in [4.69, 9.17) is 0 Å². The quantitative estimate of drug-likeness (QED) is 0.907. The molecule has 0 spiro atoms. The van der Waals surface area contributed by atoms with Gasteiger partial charge in [-0.3, -0.25) is 4.79 Å². The highest BCUT2D eigenvalue weighted by Gasteiger charge is 2.46. The van der Waals surface area contributed by atoms with Crippen LogP contribution in [-0.2, 0) is 4.79 Å². The summed E-state index contributed by atoms with van der Waals surface area (Å²) in [6, 6.07) is 5.41. The molecule has 7 heteroatoms. The second-order valence-corrected chi connectivity index (χ2v) is 6.79. The molecule has 3 rings (SSSR count). The molecule has 0 bridgehead atoms. The second-order valence-electron chi connectivity index (χ2n) is 6.79. The van der Waals surface area contributed by atoms with Gasteiger partial charge in [0.25, 0.3) is 0 Å². The first kappa shape index (κ1) is 15.8. The number of alkyl halides is 3. The Morgan fingerprint density at radius 1 is 1.26 bits per heavy atom. The lowest BCUT2D eigenvalue weighted by Gasteiger charge is -2.36. The van der Waals surface area contributed by atoms with E-state index in [0.29, 0.717) is 17.7 Å². The first-order valence-electron chi connectivity index (χ1n) is 7.37. The van der Waals surface area contributed by atoms with Gasteiger partial charge >= 0.3 is 6.36 Å². The van der Waals surface area contributed by atoms with Crippen molar-refractivity contribution in [2.75, 3.05) is 0 Å². The summed E-state index contributed by atoms with van der Waals surface area (Å²) >= 11 is 0. The Hall–Kier alpha value is -2.05. The van der Waals surface area contributed by atoms with Gasteiger partial charge in [-0.15, -0.1) is 13.2 Å². The molecule has 0 saturated heterocycles. The smallest absolute Gasteiger partial charge is 0.406 e. The molecule has 1 aromatic rings. The molecule has 0 aromatic heterocycles. The molecule has 0 radical (unpaired) electrons. The molecule has 1 saturated carbocycles. The van der Waals surface area contributed by atoms with Crippen LogP contribution in [0.15, 0.2) is 29.4 Å². The summed E-state index contributed by atoms with van der Waals surface area (Å²) in [4.78, 5) is 12.4. The number of fused-ring (bicyclic) bond motifs is 1. The number of ketones is 1. The van der Waals surface area contributed by atoms with E-state index in [1.807, 2.05) is 13.8 Å². The van der Waals surface area contributed by atoms with Crippen LogP contribution in [0.5, 0.6) is 5.75 Å². The van der Waals surface area contributed by atoms with Gasteiger partial charge in [0.05, 0.1) is 17.7 Å². The molecule has 124 valence electrons. The van der Waals surface area contributed by atoms with Gasteiger partial charge in [-0.1, -0.05) is 13.8 Å². The molecule has 2 aliphatic rings. The molecule has 0 amide bonds. The van der Waals surface area contributed by atoms with E-state index in [1.54, 1.807) is 0 Å². The Morgan fingerprint density at radius 3 is 2.52 bits per heavy atom. The fourth-order valence-corrected chi connectivity index (χ4v) is 3.35.